The molecule has 1 N–H and O–H groups in total. The Balaban J connectivity index is 1.60. The molecule has 0 aliphatic carbocycles. The first-order valence-electron chi connectivity index (χ1n) is 7.61. The summed E-state index contributed by atoms with van der Waals surface area (Å²) < 4.78 is 7.40. The molecule has 0 atom stereocenters. The normalized spacial score (nSPS) is 11.0. The van der Waals surface area contributed by atoms with E-state index in [0.717, 1.165) is 25.3 Å². The zero-order valence-corrected chi connectivity index (χ0v) is 17.3. The lowest BCUT2D eigenvalue weighted by Crippen LogP contribution is -2.24. The van der Waals surface area contributed by atoms with E-state index < -0.39 is 0 Å². The van der Waals surface area contributed by atoms with Crippen LogP contribution in [0.1, 0.15) is 5.56 Å². The van der Waals surface area contributed by atoms with Crippen LogP contribution in [0, 0.1) is 0 Å². The first-order valence-corrected chi connectivity index (χ1v) is 9.57. The maximum absolute atomic E-state index is 11.9. The summed E-state index contributed by atoms with van der Waals surface area (Å²) in [7, 11) is 0. The smallest absolute Gasteiger partial charge is 0.277 e. The fraction of sp³-hybridized carbons (Fsp3) is 0.0526. The Morgan fingerprint density at radius 3 is 2.81 bits per heavy atom. The van der Waals surface area contributed by atoms with Crippen molar-refractivity contribution in [3.8, 4) is 5.75 Å². The quantitative estimate of drug-likeness (QED) is 0.372. The lowest BCUT2D eigenvalue weighted by Gasteiger charge is -2.10. The van der Waals surface area contributed by atoms with E-state index in [1.807, 2.05) is 42.5 Å². The number of hydrogen-bond acceptors (Lipinski definition) is 3. The highest BCUT2D eigenvalue weighted by molar-refractivity contribution is 9.11. The predicted octanol–water partition coefficient (Wildman–Crippen LogP) is 5.55. The second-order valence-corrected chi connectivity index (χ2v) is 7.53. The molecule has 0 unspecified atom stereocenters. The Bertz CT molecular complexity index is 992. The van der Waals surface area contributed by atoms with Gasteiger partial charge in [-0.15, -0.1) is 0 Å². The van der Waals surface area contributed by atoms with E-state index in [9.17, 15) is 4.79 Å². The number of rotatable bonds is 5. The number of hydrogen-bond donors (Lipinski definition) is 1. The molecular formula is C19H13Br2ClN2O2. The van der Waals surface area contributed by atoms with E-state index >= 15 is 0 Å². The third kappa shape index (κ3) is 4.84. The number of carbonyl (C=O) groups is 1. The van der Waals surface area contributed by atoms with Crippen LogP contribution in [0.2, 0.25) is 5.02 Å². The van der Waals surface area contributed by atoms with Crippen LogP contribution < -0.4 is 10.2 Å². The topological polar surface area (TPSA) is 50.7 Å². The van der Waals surface area contributed by atoms with Crippen molar-refractivity contribution in [3.05, 3.63) is 74.1 Å². The fourth-order valence-corrected chi connectivity index (χ4v) is 3.48. The fourth-order valence-electron chi connectivity index (χ4n) is 2.30. The average molecular weight is 497 g/mol. The summed E-state index contributed by atoms with van der Waals surface area (Å²) in [5.74, 6) is 0.236. The molecule has 0 aliphatic heterocycles. The van der Waals surface area contributed by atoms with Crippen LogP contribution in [0.25, 0.3) is 10.8 Å². The second-order valence-electron chi connectivity index (χ2n) is 5.38. The predicted molar refractivity (Wildman–Crippen MR) is 112 cm³/mol. The SMILES string of the molecule is O=C(COc1ccc2cc(Br)ccc2c1Br)N/N=C/c1cccc(Cl)c1. The van der Waals surface area contributed by atoms with E-state index in [1.54, 1.807) is 12.1 Å². The van der Waals surface area contributed by atoms with Gasteiger partial charge in [0.2, 0.25) is 0 Å². The van der Waals surface area contributed by atoms with Gasteiger partial charge < -0.3 is 4.74 Å². The molecule has 3 aromatic rings. The standard InChI is InChI=1S/C19H13Br2ClN2O2/c20-14-5-6-16-13(9-14)4-7-17(19(16)21)26-11-18(25)24-23-10-12-2-1-3-15(22)8-12/h1-10H,11H2,(H,24,25)/b23-10+. The van der Waals surface area contributed by atoms with Gasteiger partial charge in [-0.05, 0) is 62.6 Å². The van der Waals surface area contributed by atoms with Crippen LogP contribution in [-0.4, -0.2) is 18.7 Å². The van der Waals surface area contributed by atoms with Crippen molar-refractivity contribution >= 4 is 66.4 Å². The van der Waals surface area contributed by atoms with Crippen LogP contribution in [0.3, 0.4) is 0 Å². The third-order valence-corrected chi connectivity index (χ3v) is 5.04. The number of fused-ring (bicyclic) bond motifs is 1. The van der Waals surface area contributed by atoms with Crippen LogP contribution in [0.15, 0.2) is 68.6 Å². The molecule has 0 aliphatic rings. The molecule has 4 nitrogen and oxygen atoms in total. The molecule has 3 rings (SSSR count). The zero-order chi connectivity index (χ0) is 18.5. The lowest BCUT2D eigenvalue weighted by molar-refractivity contribution is -0.123. The Morgan fingerprint density at radius 2 is 2.00 bits per heavy atom. The average Bonchev–Trinajstić information content (AvgIpc) is 2.61. The first-order chi connectivity index (χ1) is 12.5. The monoisotopic (exact) mass is 494 g/mol. The number of hydrazone groups is 1. The van der Waals surface area contributed by atoms with E-state index in [2.05, 4.69) is 42.4 Å². The zero-order valence-electron chi connectivity index (χ0n) is 13.4. The maximum atomic E-state index is 11.9. The summed E-state index contributed by atoms with van der Waals surface area (Å²) in [6.07, 6.45) is 1.52. The molecular weight excluding hydrogens is 483 g/mol. The van der Waals surface area contributed by atoms with Crippen LogP contribution in [0.5, 0.6) is 5.75 Å². The van der Waals surface area contributed by atoms with Crippen LogP contribution in [0.4, 0.5) is 0 Å². The molecule has 1 amide bonds. The largest absolute Gasteiger partial charge is 0.483 e. The van der Waals surface area contributed by atoms with Gasteiger partial charge in [-0.2, -0.15) is 5.10 Å². The molecule has 132 valence electrons. The van der Waals surface area contributed by atoms with Gasteiger partial charge in [0.1, 0.15) is 5.75 Å². The van der Waals surface area contributed by atoms with E-state index in [4.69, 9.17) is 16.3 Å². The molecule has 0 fully saturated rings. The van der Waals surface area contributed by atoms with Gasteiger partial charge in [0, 0.05) is 9.50 Å². The van der Waals surface area contributed by atoms with E-state index in [-0.39, 0.29) is 12.5 Å². The van der Waals surface area contributed by atoms with Crippen molar-refractivity contribution in [2.75, 3.05) is 6.61 Å². The van der Waals surface area contributed by atoms with Gasteiger partial charge in [-0.3, -0.25) is 4.79 Å². The Kier molecular flexibility index (Phi) is 6.29. The van der Waals surface area contributed by atoms with Gasteiger partial charge in [0.25, 0.3) is 5.91 Å². The summed E-state index contributed by atoms with van der Waals surface area (Å²) in [5.41, 5.74) is 3.22. The number of benzene rings is 3. The van der Waals surface area contributed by atoms with Crippen molar-refractivity contribution in [1.29, 1.82) is 0 Å². The number of ether oxygens (including phenoxy) is 1. The minimum Gasteiger partial charge on any atom is -0.483 e. The maximum Gasteiger partial charge on any atom is 0.277 e. The highest BCUT2D eigenvalue weighted by atomic mass is 79.9. The highest BCUT2D eigenvalue weighted by Crippen LogP contribution is 2.34. The van der Waals surface area contributed by atoms with Gasteiger partial charge in [0.15, 0.2) is 6.61 Å². The minimum absolute atomic E-state index is 0.145. The summed E-state index contributed by atoms with van der Waals surface area (Å²) in [6, 6.07) is 16.9. The first kappa shape index (κ1) is 18.9. The molecule has 0 heterocycles. The highest BCUT2D eigenvalue weighted by Gasteiger charge is 2.08. The third-order valence-electron chi connectivity index (χ3n) is 3.49. The molecule has 7 heteroatoms. The number of nitrogens with zero attached hydrogens (tertiary/aromatic N) is 1. The summed E-state index contributed by atoms with van der Waals surface area (Å²) in [6.45, 7) is -0.145. The lowest BCUT2D eigenvalue weighted by atomic mass is 10.1. The van der Waals surface area contributed by atoms with Crippen molar-refractivity contribution in [1.82, 2.24) is 5.43 Å². The Hall–Kier alpha value is -1.89. The van der Waals surface area contributed by atoms with Gasteiger partial charge in [-0.25, -0.2) is 5.43 Å². The molecule has 3 aromatic carbocycles. The molecule has 0 bridgehead atoms. The Labute approximate surface area is 172 Å². The van der Waals surface area contributed by atoms with Crippen molar-refractivity contribution < 1.29 is 9.53 Å². The number of nitrogens with one attached hydrogen (secondary N) is 1. The Morgan fingerprint density at radius 1 is 1.15 bits per heavy atom. The van der Waals surface area contributed by atoms with Crippen LogP contribution in [-0.2, 0) is 4.79 Å². The molecule has 0 saturated heterocycles. The molecule has 0 saturated carbocycles. The molecule has 26 heavy (non-hydrogen) atoms. The van der Waals surface area contributed by atoms with E-state index in [1.165, 1.54) is 6.21 Å². The second kappa shape index (κ2) is 8.66. The van der Waals surface area contributed by atoms with Crippen molar-refractivity contribution in [2.45, 2.75) is 0 Å². The number of carbonyl (C=O) groups excluding carboxylic acids is 1. The minimum atomic E-state index is -0.355. The van der Waals surface area contributed by atoms with Gasteiger partial charge in [-0.1, -0.05) is 51.8 Å². The summed E-state index contributed by atoms with van der Waals surface area (Å²) in [5, 5.41) is 6.57. The molecule has 0 aromatic heterocycles. The number of halogens is 3. The van der Waals surface area contributed by atoms with Crippen LogP contribution >= 0.6 is 43.5 Å². The van der Waals surface area contributed by atoms with Crippen molar-refractivity contribution in [2.24, 2.45) is 5.10 Å². The van der Waals surface area contributed by atoms with Crippen molar-refractivity contribution in [3.63, 3.8) is 0 Å². The van der Waals surface area contributed by atoms with Gasteiger partial charge in [0.05, 0.1) is 10.7 Å². The van der Waals surface area contributed by atoms with E-state index in [0.29, 0.717) is 10.8 Å². The number of amides is 1. The molecule has 0 radical (unpaired) electrons. The van der Waals surface area contributed by atoms with Gasteiger partial charge >= 0.3 is 0 Å². The summed E-state index contributed by atoms with van der Waals surface area (Å²) in [4.78, 5) is 11.9. The molecule has 0 spiro atoms. The summed E-state index contributed by atoms with van der Waals surface area (Å²) >= 11 is 12.9.